The van der Waals surface area contributed by atoms with Crippen LogP contribution >= 0.6 is 0 Å². The van der Waals surface area contributed by atoms with Gasteiger partial charge in [0.1, 0.15) is 17.8 Å². The van der Waals surface area contributed by atoms with Crippen LogP contribution in [-0.4, -0.2) is 42.5 Å². The van der Waals surface area contributed by atoms with Crippen molar-refractivity contribution in [3.8, 4) is 6.07 Å². The fourth-order valence-electron chi connectivity index (χ4n) is 3.06. The van der Waals surface area contributed by atoms with Gasteiger partial charge in [-0.15, -0.1) is 0 Å². The minimum Gasteiger partial charge on any atom is -0.359 e. The minimum absolute atomic E-state index is 0.108. The number of carbonyl (C=O) groups is 1. The van der Waals surface area contributed by atoms with Crippen molar-refractivity contribution in [2.75, 3.05) is 25.5 Å². The molecule has 1 aliphatic heterocycles. The molecule has 0 bridgehead atoms. The summed E-state index contributed by atoms with van der Waals surface area (Å²) in [5, 5.41) is 10.2. The molecular weight excluding hydrogens is 276 g/mol. The van der Waals surface area contributed by atoms with E-state index in [9.17, 15) is 10.1 Å². The van der Waals surface area contributed by atoms with Gasteiger partial charge in [-0.25, -0.2) is 4.98 Å². The molecule has 3 rings (SSSR count). The number of pyridine rings is 1. The van der Waals surface area contributed by atoms with Gasteiger partial charge < -0.3 is 9.80 Å². The van der Waals surface area contributed by atoms with Gasteiger partial charge in [-0.1, -0.05) is 18.2 Å². The molecule has 1 aromatic heterocycles. The third-order valence-corrected chi connectivity index (χ3v) is 4.10. The fourth-order valence-corrected chi connectivity index (χ4v) is 3.06. The van der Waals surface area contributed by atoms with Gasteiger partial charge in [0.15, 0.2) is 0 Å². The number of nitriles is 1. The summed E-state index contributed by atoms with van der Waals surface area (Å²) in [6.45, 7) is 0.823. The van der Waals surface area contributed by atoms with Gasteiger partial charge in [0.25, 0.3) is 0 Å². The van der Waals surface area contributed by atoms with Gasteiger partial charge in [0.2, 0.25) is 5.91 Å². The summed E-state index contributed by atoms with van der Waals surface area (Å²) in [7, 11) is 3.56. The second-order valence-corrected chi connectivity index (χ2v) is 5.74. The second-order valence-electron chi connectivity index (χ2n) is 5.74. The molecule has 1 aromatic carbocycles. The van der Waals surface area contributed by atoms with Gasteiger partial charge in [0, 0.05) is 31.7 Å². The Labute approximate surface area is 129 Å². The molecule has 2 heterocycles. The highest BCUT2D eigenvalue weighted by Crippen LogP contribution is 2.32. The van der Waals surface area contributed by atoms with E-state index in [0.29, 0.717) is 5.69 Å². The zero-order chi connectivity index (χ0) is 15.7. The number of para-hydroxylation sites is 1. The van der Waals surface area contributed by atoms with Crippen LogP contribution in [0.1, 0.15) is 18.5 Å². The maximum absolute atomic E-state index is 12.4. The van der Waals surface area contributed by atoms with Gasteiger partial charge in [-0.3, -0.25) is 4.79 Å². The number of hydrogen-bond acceptors (Lipinski definition) is 4. The molecule has 112 valence electrons. The van der Waals surface area contributed by atoms with Crippen LogP contribution in [0.25, 0.3) is 10.9 Å². The van der Waals surface area contributed by atoms with E-state index >= 15 is 0 Å². The van der Waals surface area contributed by atoms with Crippen LogP contribution in [0, 0.1) is 11.3 Å². The molecule has 5 heteroatoms. The van der Waals surface area contributed by atoms with E-state index in [1.54, 1.807) is 25.1 Å². The molecular formula is C17H18N4O. The molecule has 1 saturated heterocycles. The number of likely N-dealkylation sites (N-methyl/N-ethyl adjacent to an activating group) is 1. The monoisotopic (exact) mass is 294 g/mol. The third kappa shape index (κ3) is 2.37. The van der Waals surface area contributed by atoms with E-state index in [0.717, 1.165) is 36.0 Å². The quantitative estimate of drug-likeness (QED) is 0.851. The summed E-state index contributed by atoms with van der Waals surface area (Å²) < 4.78 is 0. The largest absolute Gasteiger partial charge is 0.359 e. The lowest BCUT2D eigenvalue weighted by Gasteiger charge is -2.29. The number of benzene rings is 1. The summed E-state index contributed by atoms with van der Waals surface area (Å²) in [4.78, 5) is 20.5. The Morgan fingerprint density at radius 2 is 2.18 bits per heavy atom. The van der Waals surface area contributed by atoms with E-state index in [1.807, 2.05) is 24.3 Å². The van der Waals surface area contributed by atoms with E-state index in [2.05, 4.69) is 16.0 Å². The molecule has 22 heavy (non-hydrogen) atoms. The van der Waals surface area contributed by atoms with E-state index in [1.165, 1.54) is 0 Å². The molecule has 1 atom stereocenters. The highest BCUT2D eigenvalue weighted by molar-refractivity contribution is 5.95. The van der Waals surface area contributed by atoms with Gasteiger partial charge in [-0.2, -0.15) is 5.26 Å². The second kappa shape index (κ2) is 5.64. The Balaban J connectivity index is 2.12. The first-order valence-corrected chi connectivity index (χ1v) is 7.39. The summed E-state index contributed by atoms with van der Waals surface area (Å²) in [5.74, 6) is 0.108. The molecule has 0 radical (unpaired) electrons. The van der Waals surface area contributed by atoms with Crippen molar-refractivity contribution in [3.63, 3.8) is 0 Å². The molecule has 0 unspecified atom stereocenters. The van der Waals surface area contributed by atoms with Crippen molar-refractivity contribution in [1.82, 2.24) is 9.88 Å². The van der Waals surface area contributed by atoms with Gasteiger partial charge in [-0.05, 0) is 25.0 Å². The molecule has 0 spiro atoms. The normalized spacial score (nSPS) is 17.5. The Bertz CT molecular complexity index is 763. The van der Waals surface area contributed by atoms with Crippen LogP contribution in [0.4, 0.5) is 5.69 Å². The zero-order valence-electron chi connectivity index (χ0n) is 12.8. The molecule has 0 N–H and O–H groups in total. The number of hydrogen-bond donors (Lipinski definition) is 0. The number of carbonyl (C=O) groups excluding carboxylic acids is 1. The summed E-state index contributed by atoms with van der Waals surface area (Å²) >= 11 is 0. The Morgan fingerprint density at radius 1 is 1.41 bits per heavy atom. The van der Waals surface area contributed by atoms with E-state index in [4.69, 9.17) is 0 Å². The summed E-state index contributed by atoms with van der Waals surface area (Å²) in [6, 6.07) is 11.5. The summed E-state index contributed by atoms with van der Waals surface area (Å²) in [5.41, 5.74) is 2.11. The highest BCUT2D eigenvalue weighted by Gasteiger charge is 2.32. The van der Waals surface area contributed by atoms with Crippen molar-refractivity contribution in [3.05, 3.63) is 36.0 Å². The standard InChI is InChI=1S/C17H18N4O/c1-20(2)17(22)15-8-5-9-21(15)16-10-12(11-18)19-14-7-4-3-6-13(14)16/h3-4,6-7,10,15H,5,8-9H2,1-2H3/t15-/m1/s1. The number of aromatic nitrogens is 1. The van der Waals surface area contributed by atoms with Crippen LogP contribution in [0.3, 0.4) is 0 Å². The zero-order valence-corrected chi connectivity index (χ0v) is 12.8. The van der Waals surface area contributed by atoms with Crippen molar-refractivity contribution < 1.29 is 4.79 Å². The maximum Gasteiger partial charge on any atom is 0.244 e. The first kappa shape index (κ1) is 14.3. The van der Waals surface area contributed by atoms with Gasteiger partial charge >= 0.3 is 0 Å². The average Bonchev–Trinajstić information content (AvgIpc) is 3.02. The van der Waals surface area contributed by atoms with Crippen LogP contribution in [0.15, 0.2) is 30.3 Å². The lowest BCUT2D eigenvalue weighted by atomic mass is 10.1. The number of rotatable bonds is 2. The average molecular weight is 294 g/mol. The predicted molar refractivity (Wildman–Crippen MR) is 85.5 cm³/mol. The SMILES string of the molecule is CN(C)C(=O)[C@H]1CCCN1c1cc(C#N)nc2ccccc12. The molecule has 5 nitrogen and oxygen atoms in total. The summed E-state index contributed by atoms with van der Waals surface area (Å²) in [6.07, 6.45) is 1.82. The Morgan fingerprint density at radius 3 is 2.91 bits per heavy atom. The topological polar surface area (TPSA) is 60.2 Å². The van der Waals surface area contributed by atoms with Crippen LogP contribution in [0.2, 0.25) is 0 Å². The van der Waals surface area contributed by atoms with Crippen LogP contribution < -0.4 is 4.90 Å². The van der Waals surface area contributed by atoms with Crippen molar-refractivity contribution in [1.29, 1.82) is 5.26 Å². The number of fused-ring (bicyclic) bond motifs is 1. The molecule has 1 amide bonds. The fraction of sp³-hybridized carbons (Fsp3) is 0.353. The predicted octanol–water partition coefficient (Wildman–Crippen LogP) is 2.16. The lowest BCUT2D eigenvalue weighted by Crippen LogP contribution is -2.42. The molecule has 1 aliphatic rings. The van der Waals surface area contributed by atoms with Crippen LogP contribution in [0.5, 0.6) is 0 Å². The van der Waals surface area contributed by atoms with Gasteiger partial charge in [0.05, 0.1) is 5.52 Å². The number of anilines is 1. The Hall–Kier alpha value is -2.61. The molecule has 1 fully saturated rings. The van der Waals surface area contributed by atoms with E-state index in [-0.39, 0.29) is 11.9 Å². The van der Waals surface area contributed by atoms with Crippen molar-refractivity contribution in [2.45, 2.75) is 18.9 Å². The first-order chi connectivity index (χ1) is 10.6. The smallest absolute Gasteiger partial charge is 0.244 e. The molecule has 0 saturated carbocycles. The maximum atomic E-state index is 12.4. The number of amides is 1. The van der Waals surface area contributed by atoms with Crippen molar-refractivity contribution >= 4 is 22.5 Å². The lowest BCUT2D eigenvalue weighted by molar-refractivity contribution is -0.129. The Kier molecular flexibility index (Phi) is 3.68. The number of nitrogens with zero attached hydrogens (tertiary/aromatic N) is 4. The third-order valence-electron chi connectivity index (χ3n) is 4.10. The highest BCUT2D eigenvalue weighted by atomic mass is 16.2. The van der Waals surface area contributed by atoms with Crippen LogP contribution in [-0.2, 0) is 4.79 Å². The first-order valence-electron chi connectivity index (χ1n) is 7.39. The molecule has 2 aromatic rings. The van der Waals surface area contributed by atoms with E-state index < -0.39 is 0 Å². The molecule has 0 aliphatic carbocycles. The van der Waals surface area contributed by atoms with Crippen molar-refractivity contribution in [2.24, 2.45) is 0 Å². The minimum atomic E-state index is -0.160.